The van der Waals surface area contributed by atoms with Crippen LogP contribution in [0.4, 0.5) is 0 Å². The molecule has 0 atom stereocenters. The van der Waals surface area contributed by atoms with Gasteiger partial charge in [0, 0.05) is 30.2 Å². The number of halogens is 2. The zero-order valence-corrected chi connectivity index (χ0v) is 12.5. The molecule has 0 spiro atoms. The van der Waals surface area contributed by atoms with Gasteiger partial charge in [0.1, 0.15) is 0 Å². The third-order valence-corrected chi connectivity index (χ3v) is 4.28. The van der Waals surface area contributed by atoms with Crippen LogP contribution in [0, 0.1) is 5.41 Å². The lowest BCUT2D eigenvalue weighted by Crippen LogP contribution is -2.50. The molecule has 2 N–H and O–H groups in total. The molecule has 1 aromatic carbocycles. The third kappa shape index (κ3) is 3.04. The van der Waals surface area contributed by atoms with Crippen LogP contribution in [-0.4, -0.2) is 24.4 Å². The maximum Gasteiger partial charge on any atom is 0.230 e. The molecule has 104 valence electrons. The van der Waals surface area contributed by atoms with Crippen LogP contribution in [0.2, 0.25) is 10.0 Å². The third-order valence-electron chi connectivity index (χ3n) is 3.84. The standard InChI is InChI=1S/C14H18Cl2N2O/c1-18(13(19)14(9-17)3-2-4-14)8-10-5-11(15)7-12(16)6-10/h5-7H,2-4,8-9,17H2,1H3. The van der Waals surface area contributed by atoms with Crippen LogP contribution in [0.15, 0.2) is 18.2 Å². The minimum absolute atomic E-state index is 0.123. The van der Waals surface area contributed by atoms with E-state index in [1.165, 1.54) is 0 Å². The van der Waals surface area contributed by atoms with Gasteiger partial charge >= 0.3 is 0 Å². The van der Waals surface area contributed by atoms with Gasteiger partial charge in [-0.2, -0.15) is 0 Å². The second-order valence-corrected chi connectivity index (χ2v) is 6.15. The Hall–Kier alpha value is -0.770. The Morgan fingerprint density at radius 3 is 2.32 bits per heavy atom. The number of rotatable bonds is 4. The molecule has 1 fully saturated rings. The van der Waals surface area contributed by atoms with E-state index in [1.807, 2.05) is 12.1 Å². The van der Waals surface area contributed by atoms with Crippen molar-refractivity contribution in [1.82, 2.24) is 4.90 Å². The molecular weight excluding hydrogens is 283 g/mol. The van der Waals surface area contributed by atoms with Crippen molar-refractivity contribution in [2.75, 3.05) is 13.6 Å². The van der Waals surface area contributed by atoms with Gasteiger partial charge in [-0.15, -0.1) is 0 Å². The molecule has 0 aliphatic heterocycles. The first kappa shape index (κ1) is 14.6. The predicted octanol–water partition coefficient (Wildman–Crippen LogP) is 3.08. The Labute approximate surface area is 123 Å². The summed E-state index contributed by atoms with van der Waals surface area (Å²) in [5, 5.41) is 1.17. The highest BCUT2D eigenvalue weighted by atomic mass is 35.5. The number of amides is 1. The van der Waals surface area contributed by atoms with Crippen molar-refractivity contribution in [2.45, 2.75) is 25.8 Å². The number of nitrogens with zero attached hydrogens (tertiary/aromatic N) is 1. The van der Waals surface area contributed by atoms with E-state index < -0.39 is 0 Å². The predicted molar refractivity (Wildman–Crippen MR) is 78.3 cm³/mol. The molecule has 0 heterocycles. The van der Waals surface area contributed by atoms with Gasteiger partial charge in [0.2, 0.25) is 5.91 Å². The highest BCUT2D eigenvalue weighted by molar-refractivity contribution is 6.34. The van der Waals surface area contributed by atoms with Crippen LogP contribution in [0.1, 0.15) is 24.8 Å². The van der Waals surface area contributed by atoms with Gasteiger partial charge in [-0.05, 0) is 36.6 Å². The number of hydrogen-bond acceptors (Lipinski definition) is 2. The van der Waals surface area contributed by atoms with Crippen LogP contribution in [0.3, 0.4) is 0 Å². The lowest BCUT2D eigenvalue weighted by molar-refractivity contribution is -0.145. The summed E-state index contributed by atoms with van der Waals surface area (Å²) in [6.07, 6.45) is 2.87. The van der Waals surface area contributed by atoms with Crippen LogP contribution < -0.4 is 5.73 Å². The molecule has 0 unspecified atom stereocenters. The van der Waals surface area contributed by atoms with E-state index in [0.29, 0.717) is 23.1 Å². The average molecular weight is 301 g/mol. The molecule has 5 heteroatoms. The SMILES string of the molecule is CN(Cc1cc(Cl)cc(Cl)c1)C(=O)C1(CN)CCC1. The zero-order valence-electron chi connectivity index (χ0n) is 11.0. The van der Waals surface area contributed by atoms with Gasteiger partial charge in [0.05, 0.1) is 5.41 Å². The van der Waals surface area contributed by atoms with E-state index in [4.69, 9.17) is 28.9 Å². The van der Waals surface area contributed by atoms with Gasteiger partial charge in [-0.3, -0.25) is 4.79 Å². The van der Waals surface area contributed by atoms with Gasteiger partial charge in [0.25, 0.3) is 0 Å². The van der Waals surface area contributed by atoms with Crippen LogP contribution >= 0.6 is 23.2 Å². The summed E-state index contributed by atoms with van der Waals surface area (Å²) < 4.78 is 0. The summed E-state index contributed by atoms with van der Waals surface area (Å²) in [5.74, 6) is 0.123. The fourth-order valence-electron chi connectivity index (χ4n) is 2.56. The van der Waals surface area contributed by atoms with Crippen molar-refractivity contribution in [2.24, 2.45) is 11.1 Å². The molecular formula is C14H18Cl2N2O. The molecule has 1 aromatic rings. The lowest BCUT2D eigenvalue weighted by atomic mass is 9.68. The number of carbonyl (C=O) groups is 1. The Morgan fingerprint density at radius 1 is 1.32 bits per heavy atom. The van der Waals surface area contributed by atoms with Crippen molar-refractivity contribution in [3.63, 3.8) is 0 Å². The molecule has 1 amide bonds. The number of hydrogen-bond donors (Lipinski definition) is 1. The van der Waals surface area contributed by atoms with E-state index in [2.05, 4.69) is 0 Å². The van der Waals surface area contributed by atoms with Crippen molar-refractivity contribution in [1.29, 1.82) is 0 Å². The molecule has 1 aliphatic carbocycles. The van der Waals surface area contributed by atoms with Crippen molar-refractivity contribution >= 4 is 29.1 Å². The van der Waals surface area contributed by atoms with E-state index in [0.717, 1.165) is 24.8 Å². The van der Waals surface area contributed by atoms with Crippen molar-refractivity contribution in [3.8, 4) is 0 Å². The second kappa shape index (κ2) is 5.70. The molecule has 2 rings (SSSR count). The molecule has 0 radical (unpaired) electrons. The molecule has 0 bridgehead atoms. The van der Waals surface area contributed by atoms with E-state index in [9.17, 15) is 4.79 Å². The Balaban J connectivity index is 2.08. The maximum absolute atomic E-state index is 12.4. The molecule has 0 aromatic heterocycles. The fraction of sp³-hybridized carbons (Fsp3) is 0.500. The Kier molecular flexibility index (Phi) is 4.39. The molecule has 19 heavy (non-hydrogen) atoms. The number of carbonyl (C=O) groups excluding carboxylic acids is 1. The zero-order chi connectivity index (χ0) is 14.0. The monoisotopic (exact) mass is 300 g/mol. The molecule has 1 aliphatic rings. The minimum atomic E-state index is -0.336. The highest BCUT2D eigenvalue weighted by Gasteiger charge is 2.44. The Morgan fingerprint density at radius 2 is 1.89 bits per heavy atom. The van der Waals surface area contributed by atoms with E-state index in [1.54, 1.807) is 18.0 Å². The second-order valence-electron chi connectivity index (χ2n) is 5.28. The summed E-state index contributed by atoms with van der Waals surface area (Å²) >= 11 is 11.9. The summed E-state index contributed by atoms with van der Waals surface area (Å²) in [6, 6.07) is 5.34. The largest absolute Gasteiger partial charge is 0.341 e. The summed E-state index contributed by atoms with van der Waals surface area (Å²) in [6.45, 7) is 0.924. The van der Waals surface area contributed by atoms with E-state index in [-0.39, 0.29) is 11.3 Å². The van der Waals surface area contributed by atoms with Crippen molar-refractivity contribution < 1.29 is 4.79 Å². The van der Waals surface area contributed by atoms with Gasteiger partial charge < -0.3 is 10.6 Å². The molecule has 1 saturated carbocycles. The van der Waals surface area contributed by atoms with Crippen molar-refractivity contribution in [3.05, 3.63) is 33.8 Å². The number of benzene rings is 1. The lowest BCUT2D eigenvalue weighted by Gasteiger charge is -2.41. The van der Waals surface area contributed by atoms with Gasteiger partial charge in [-0.1, -0.05) is 29.6 Å². The highest BCUT2D eigenvalue weighted by Crippen LogP contribution is 2.41. The summed E-state index contributed by atoms with van der Waals surface area (Å²) in [4.78, 5) is 14.1. The van der Waals surface area contributed by atoms with Crippen LogP contribution in [0.25, 0.3) is 0 Å². The fourth-order valence-corrected chi connectivity index (χ4v) is 3.13. The normalized spacial score (nSPS) is 16.8. The smallest absolute Gasteiger partial charge is 0.230 e. The molecule has 0 saturated heterocycles. The summed E-state index contributed by atoms with van der Waals surface area (Å²) in [5.41, 5.74) is 6.35. The van der Waals surface area contributed by atoms with E-state index >= 15 is 0 Å². The maximum atomic E-state index is 12.4. The average Bonchev–Trinajstić information content (AvgIpc) is 2.26. The minimum Gasteiger partial charge on any atom is -0.341 e. The first-order valence-electron chi connectivity index (χ1n) is 6.37. The van der Waals surface area contributed by atoms with Crippen LogP contribution in [0.5, 0.6) is 0 Å². The molecule has 3 nitrogen and oxygen atoms in total. The quantitative estimate of drug-likeness (QED) is 0.929. The van der Waals surface area contributed by atoms with Gasteiger partial charge in [0.15, 0.2) is 0 Å². The summed E-state index contributed by atoms with van der Waals surface area (Å²) in [7, 11) is 1.80. The van der Waals surface area contributed by atoms with Gasteiger partial charge in [-0.25, -0.2) is 0 Å². The van der Waals surface area contributed by atoms with Crippen LogP contribution in [-0.2, 0) is 11.3 Å². The first-order chi connectivity index (χ1) is 8.97. The number of nitrogens with two attached hydrogens (primary N) is 1. The topological polar surface area (TPSA) is 46.3 Å². The first-order valence-corrected chi connectivity index (χ1v) is 7.13. The Bertz CT molecular complexity index is 461.